The van der Waals surface area contributed by atoms with E-state index in [-0.39, 0.29) is 18.7 Å². The van der Waals surface area contributed by atoms with Crippen molar-refractivity contribution < 1.29 is 14.4 Å². The Morgan fingerprint density at radius 1 is 1.39 bits per heavy atom. The van der Waals surface area contributed by atoms with Gasteiger partial charge in [0.15, 0.2) is 0 Å². The molecule has 0 radical (unpaired) electrons. The van der Waals surface area contributed by atoms with Crippen LogP contribution in [-0.2, 0) is 4.79 Å². The van der Waals surface area contributed by atoms with Crippen LogP contribution in [0.25, 0.3) is 11.4 Å². The Bertz CT molecular complexity index is 524. The van der Waals surface area contributed by atoms with E-state index < -0.39 is 12.0 Å². The van der Waals surface area contributed by atoms with Gasteiger partial charge in [-0.05, 0) is 6.42 Å². The van der Waals surface area contributed by atoms with Gasteiger partial charge in [-0.25, -0.2) is 0 Å². The number of primary amides is 1. The average molecular weight is 247 g/mol. The Balaban J connectivity index is 2.08. The minimum Gasteiger partial charge on any atom is -0.383 e. The van der Waals surface area contributed by atoms with Crippen LogP contribution in [0, 0.1) is 0 Å². The summed E-state index contributed by atoms with van der Waals surface area (Å²) in [6, 6.07) is 9.27. The molecular formula is C12H13N3O3. The molecule has 2 rings (SSSR count). The molecule has 3 N–H and O–H groups in total. The van der Waals surface area contributed by atoms with Crippen LogP contribution in [0.2, 0.25) is 0 Å². The van der Waals surface area contributed by atoms with Crippen LogP contribution in [0.15, 0.2) is 34.9 Å². The van der Waals surface area contributed by atoms with Gasteiger partial charge in [-0.3, -0.25) is 4.79 Å². The molecule has 0 spiro atoms. The minimum atomic E-state index is -0.970. The number of hydrogen-bond acceptors (Lipinski definition) is 5. The van der Waals surface area contributed by atoms with Gasteiger partial charge in [0.1, 0.15) is 6.10 Å². The largest absolute Gasteiger partial charge is 0.383 e. The van der Waals surface area contributed by atoms with Crippen LogP contribution in [0.4, 0.5) is 0 Å². The quantitative estimate of drug-likeness (QED) is 0.821. The highest BCUT2D eigenvalue weighted by Crippen LogP contribution is 2.20. The van der Waals surface area contributed by atoms with Crippen LogP contribution >= 0.6 is 0 Å². The van der Waals surface area contributed by atoms with Crippen molar-refractivity contribution in [3.05, 3.63) is 36.2 Å². The molecule has 1 aromatic carbocycles. The van der Waals surface area contributed by atoms with Gasteiger partial charge in [-0.2, -0.15) is 4.98 Å². The zero-order valence-corrected chi connectivity index (χ0v) is 9.61. The van der Waals surface area contributed by atoms with Crippen molar-refractivity contribution in [2.75, 3.05) is 0 Å². The molecule has 6 heteroatoms. The summed E-state index contributed by atoms with van der Waals surface area (Å²) in [5.41, 5.74) is 5.80. The number of aliphatic hydroxyl groups excluding tert-OH is 1. The summed E-state index contributed by atoms with van der Waals surface area (Å²) in [4.78, 5) is 14.7. The molecule has 6 nitrogen and oxygen atoms in total. The second-order valence-corrected chi connectivity index (χ2v) is 3.84. The lowest BCUT2D eigenvalue weighted by molar-refractivity contribution is -0.118. The molecule has 0 saturated carbocycles. The number of carbonyl (C=O) groups is 1. The summed E-state index contributed by atoms with van der Waals surface area (Å²) < 4.78 is 4.95. The van der Waals surface area contributed by atoms with Crippen molar-refractivity contribution in [1.82, 2.24) is 10.1 Å². The van der Waals surface area contributed by atoms with Gasteiger partial charge in [-0.15, -0.1) is 0 Å². The lowest BCUT2D eigenvalue weighted by atomic mass is 10.2. The number of carbonyl (C=O) groups excluding carboxylic acids is 1. The lowest BCUT2D eigenvalue weighted by Gasteiger charge is -2.02. The van der Waals surface area contributed by atoms with Gasteiger partial charge >= 0.3 is 0 Å². The van der Waals surface area contributed by atoms with E-state index in [1.54, 1.807) is 0 Å². The molecule has 94 valence electrons. The maximum atomic E-state index is 10.6. The van der Waals surface area contributed by atoms with Gasteiger partial charge in [-0.1, -0.05) is 35.5 Å². The monoisotopic (exact) mass is 247 g/mol. The van der Waals surface area contributed by atoms with Crippen molar-refractivity contribution in [3.8, 4) is 11.4 Å². The number of hydrogen-bond donors (Lipinski definition) is 2. The fourth-order valence-corrected chi connectivity index (χ4v) is 1.48. The highest BCUT2D eigenvalue weighted by Gasteiger charge is 2.17. The molecule has 18 heavy (non-hydrogen) atoms. The first kappa shape index (κ1) is 12.3. The lowest BCUT2D eigenvalue weighted by Crippen LogP contribution is -2.12. The summed E-state index contributed by atoms with van der Waals surface area (Å²) in [5, 5.41) is 13.5. The summed E-state index contributed by atoms with van der Waals surface area (Å²) in [7, 11) is 0. The molecule has 0 aliphatic heterocycles. The summed E-state index contributed by atoms with van der Waals surface area (Å²) in [6.07, 6.45) is -0.724. The first-order chi connectivity index (χ1) is 8.66. The predicted octanol–water partition coefficient (Wildman–Crippen LogP) is 1.04. The SMILES string of the molecule is NC(=O)CC[C@H](O)c1nc(-c2ccccc2)no1. The molecule has 2 aromatic rings. The van der Waals surface area contributed by atoms with Crippen molar-refractivity contribution >= 4 is 5.91 Å². The van der Waals surface area contributed by atoms with E-state index in [9.17, 15) is 9.90 Å². The number of nitrogens with zero attached hydrogens (tertiary/aromatic N) is 2. The summed E-state index contributed by atoms with van der Waals surface area (Å²) in [5.74, 6) is 0.0238. The highest BCUT2D eigenvalue weighted by molar-refractivity contribution is 5.73. The minimum absolute atomic E-state index is 0.0736. The number of benzene rings is 1. The topological polar surface area (TPSA) is 102 Å². The van der Waals surface area contributed by atoms with Crippen molar-refractivity contribution in [1.29, 1.82) is 0 Å². The third kappa shape index (κ3) is 2.92. The Labute approximate surface area is 103 Å². The summed E-state index contributed by atoms with van der Waals surface area (Å²) >= 11 is 0. The molecule has 0 fully saturated rings. The number of amides is 1. The zero-order chi connectivity index (χ0) is 13.0. The van der Waals surface area contributed by atoms with Crippen LogP contribution < -0.4 is 5.73 Å². The van der Waals surface area contributed by atoms with Gasteiger partial charge < -0.3 is 15.4 Å². The zero-order valence-electron chi connectivity index (χ0n) is 9.61. The van der Waals surface area contributed by atoms with Crippen molar-refractivity contribution in [3.63, 3.8) is 0 Å². The van der Waals surface area contributed by atoms with Crippen LogP contribution in [0.5, 0.6) is 0 Å². The van der Waals surface area contributed by atoms with E-state index in [4.69, 9.17) is 10.3 Å². The molecule has 0 saturated heterocycles. The van der Waals surface area contributed by atoms with E-state index in [2.05, 4.69) is 10.1 Å². The molecule has 0 bridgehead atoms. The van der Waals surface area contributed by atoms with Crippen molar-refractivity contribution in [2.45, 2.75) is 18.9 Å². The maximum absolute atomic E-state index is 10.6. The smallest absolute Gasteiger partial charge is 0.255 e. The Kier molecular flexibility index (Phi) is 3.69. The van der Waals surface area contributed by atoms with Crippen LogP contribution in [-0.4, -0.2) is 21.2 Å². The van der Waals surface area contributed by atoms with Crippen molar-refractivity contribution in [2.24, 2.45) is 5.73 Å². The van der Waals surface area contributed by atoms with Gasteiger partial charge in [0.25, 0.3) is 5.89 Å². The van der Waals surface area contributed by atoms with E-state index in [0.29, 0.717) is 5.82 Å². The second kappa shape index (κ2) is 5.42. The van der Waals surface area contributed by atoms with Gasteiger partial charge in [0, 0.05) is 12.0 Å². The van der Waals surface area contributed by atoms with Gasteiger partial charge in [0.2, 0.25) is 11.7 Å². The van der Waals surface area contributed by atoms with E-state index in [1.165, 1.54) is 0 Å². The third-order valence-electron chi connectivity index (χ3n) is 2.42. The molecule has 1 atom stereocenters. The number of rotatable bonds is 5. The average Bonchev–Trinajstić information content (AvgIpc) is 2.86. The van der Waals surface area contributed by atoms with E-state index in [1.807, 2.05) is 30.3 Å². The fraction of sp³-hybridized carbons (Fsp3) is 0.250. The number of aliphatic hydroxyl groups is 1. The van der Waals surface area contributed by atoms with Crippen LogP contribution in [0.1, 0.15) is 24.8 Å². The second-order valence-electron chi connectivity index (χ2n) is 3.84. The molecule has 1 heterocycles. The third-order valence-corrected chi connectivity index (χ3v) is 2.42. The summed E-state index contributed by atoms with van der Waals surface area (Å²) in [6.45, 7) is 0. The Morgan fingerprint density at radius 2 is 2.11 bits per heavy atom. The maximum Gasteiger partial charge on any atom is 0.255 e. The molecular weight excluding hydrogens is 234 g/mol. The van der Waals surface area contributed by atoms with E-state index in [0.717, 1.165) is 5.56 Å². The first-order valence-corrected chi connectivity index (χ1v) is 5.52. The van der Waals surface area contributed by atoms with Crippen LogP contribution in [0.3, 0.4) is 0 Å². The molecule has 0 aliphatic carbocycles. The molecule has 1 amide bonds. The number of nitrogens with two attached hydrogens (primary N) is 1. The fourth-order valence-electron chi connectivity index (χ4n) is 1.48. The normalized spacial score (nSPS) is 12.3. The predicted molar refractivity (Wildman–Crippen MR) is 63.1 cm³/mol. The van der Waals surface area contributed by atoms with Gasteiger partial charge in [0.05, 0.1) is 0 Å². The Morgan fingerprint density at radius 3 is 2.78 bits per heavy atom. The standard InChI is InChI=1S/C12H13N3O3/c13-10(17)7-6-9(16)12-14-11(15-18-12)8-4-2-1-3-5-8/h1-5,9,16H,6-7H2,(H2,13,17)/t9-/m0/s1. The molecule has 0 unspecified atom stereocenters. The van der Waals surface area contributed by atoms with E-state index >= 15 is 0 Å². The molecule has 0 aliphatic rings. The molecule has 1 aromatic heterocycles. The number of aromatic nitrogens is 2. The Hall–Kier alpha value is -2.21. The highest BCUT2D eigenvalue weighted by atomic mass is 16.5. The first-order valence-electron chi connectivity index (χ1n) is 5.52.